The van der Waals surface area contributed by atoms with Gasteiger partial charge in [-0.2, -0.15) is 0 Å². The first kappa shape index (κ1) is 23.7. The summed E-state index contributed by atoms with van der Waals surface area (Å²) in [6.07, 6.45) is 10.3. The molecule has 3 saturated carbocycles. The number of hydrogen-bond donors (Lipinski definition) is 3. The van der Waals surface area contributed by atoms with Gasteiger partial charge in [-0.3, -0.25) is 0 Å². The molecule has 0 bridgehead atoms. The molecule has 4 nitrogen and oxygen atoms in total. The van der Waals surface area contributed by atoms with Crippen LogP contribution in [0.5, 0.6) is 0 Å². The summed E-state index contributed by atoms with van der Waals surface area (Å²) in [5.74, 6) is 1.70. The minimum Gasteiger partial charge on any atom is -0.393 e. The summed E-state index contributed by atoms with van der Waals surface area (Å²) in [6.45, 7) is 13.5. The molecule has 0 aromatic carbocycles. The summed E-state index contributed by atoms with van der Waals surface area (Å²) >= 11 is 0. The maximum absolute atomic E-state index is 10.1. The van der Waals surface area contributed by atoms with Crippen molar-refractivity contribution in [3.05, 3.63) is 35.5 Å². The van der Waals surface area contributed by atoms with Crippen molar-refractivity contribution in [3.63, 3.8) is 0 Å². The van der Waals surface area contributed by atoms with Crippen LogP contribution in [0.25, 0.3) is 0 Å². The summed E-state index contributed by atoms with van der Waals surface area (Å²) in [5.41, 5.74) is 2.79. The van der Waals surface area contributed by atoms with Crippen molar-refractivity contribution >= 4 is 0 Å². The Bertz CT molecular complexity index is 686. The van der Waals surface area contributed by atoms with E-state index in [9.17, 15) is 15.3 Å². The summed E-state index contributed by atoms with van der Waals surface area (Å²) in [7, 11) is 0. The Morgan fingerprint density at radius 3 is 2.70 bits per heavy atom. The van der Waals surface area contributed by atoms with Crippen LogP contribution in [0.4, 0.5) is 0 Å². The van der Waals surface area contributed by atoms with E-state index in [1.807, 2.05) is 0 Å². The second-order valence-corrected chi connectivity index (χ2v) is 11.0. The highest BCUT2D eigenvalue weighted by atomic mass is 16.5. The summed E-state index contributed by atoms with van der Waals surface area (Å²) in [6, 6.07) is 0. The molecule has 30 heavy (non-hydrogen) atoms. The van der Waals surface area contributed by atoms with Crippen LogP contribution in [-0.4, -0.2) is 46.3 Å². The van der Waals surface area contributed by atoms with E-state index in [2.05, 4.69) is 32.6 Å². The zero-order valence-electron chi connectivity index (χ0n) is 19.4. The third kappa shape index (κ3) is 5.27. The van der Waals surface area contributed by atoms with Gasteiger partial charge in [-0.15, -0.1) is 0 Å². The summed E-state index contributed by atoms with van der Waals surface area (Å²) < 4.78 is 5.85. The second kappa shape index (κ2) is 9.28. The Labute approximate surface area is 182 Å². The van der Waals surface area contributed by atoms with Crippen LogP contribution in [0.2, 0.25) is 0 Å². The van der Waals surface area contributed by atoms with Gasteiger partial charge < -0.3 is 20.1 Å². The molecule has 0 aromatic heterocycles. The highest BCUT2D eigenvalue weighted by Gasteiger charge is 2.50. The average Bonchev–Trinajstić information content (AvgIpc) is 3.00. The number of ether oxygens (including phenoxy) is 1. The van der Waals surface area contributed by atoms with Crippen molar-refractivity contribution in [1.29, 1.82) is 0 Å². The first-order valence-corrected chi connectivity index (χ1v) is 11.8. The van der Waals surface area contributed by atoms with Crippen molar-refractivity contribution in [3.8, 4) is 0 Å². The number of aliphatic hydroxyl groups is 3. The van der Waals surface area contributed by atoms with E-state index in [0.717, 1.165) is 17.6 Å². The molecule has 4 heteroatoms. The number of aliphatic hydroxyl groups excluding tert-OH is 2. The average molecular weight is 419 g/mol. The van der Waals surface area contributed by atoms with Crippen molar-refractivity contribution in [2.45, 2.75) is 90.4 Å². The number of hydrogen-bond acceptors (Lipinski definition) is 4. The molecule has 0 amide bonds. The van der Waals surface area contributed by atoms with Gasteiger partial charge in [0.25, 0.3) is 0 Å². The first-order valence-electron chi connectivity index (χ1n) is 11.8. The topological polar surface area (TPSA) is 69.9 Å². The Balaban J connectivity index is 1.70. The molecule has 0 aliphatic heterocycles. The minimum atomic E-state index is -0.777. The van der Waals surface area contributed by atoms with E-state index in [0.29, 0.717) is 49.2 Å². The third-order valence-corrected chi connectivity index (χ3v) is 7.83. The van der Waals surface area contributed by atoms with Crippen LogP contribution in [0.3, 0.4) is 0 Å². The molecule has 6 atom stereocenters. The number of fused-ring (bicyclic) bond motifs is 1. The van der Waals surface area contributed by atoms with E-state index >= 15 is 0 Å². The summed E-state index contributed by atoms with van der Waals surface area (Å²) in [4.78, 5) is 0. The lowest BCUT2D eigenvalue weighted by Gasteiger charge is -2.44. The van der Waals surface area contributed by atoms with Crippen molar-refractivity contribution in [2.24, 2.45) is 23.2 Å². The van der Waals surface area contributed by atoms with E-state index < -0.39 is 17.8 Å². The molecular formula is C26H42O4. The van der Waals surface area contributed by atoms with Gasteiger partial charge in [0.05, 0.1) is 24.4 Å². The van der Waals surface area contributed by atoms with Crippen LogP contribution in [0.1, 0.15) is 72.6 Å². The molecule has 0 radical (unpaired) electrons. The van der Waals surface area contributed by atoms with Gasteiger partial charge in [0.15, 0.2) is 0 Å². The van der Waals surface area contributed by atoms with Crippen LogP contribution >= 0.6 is 0 Å². The molecule has 0 aromatic rings. The monoisotopic (exact) mass is 418 g/mol. The lowest BCUT2D eigenvalue weighted by Crippen LogP contribution is -2.37. The molecule has 3 aliphatic rings. The summed E-state index contributed by atoms with van der Waals surface area (Å²) in [5, 5.41) is 30.0. The minimum absolute atomic E-state index is 0.294. The number of allylic oxidation sites excluding steroid dienone is 3. The highest BCUT2D eigenvalue weighted by Crippen LogP contribution is 2.59. The molecule has 3 fully saturated rings. The van der Waals surface area contributed by atoms with Crippen LogP contribution in [0.15, 0.2) is 35.5 Å². The predicted octanol–water partition coefficient (Wildman–Crippen LogP) is 4.55. The number of rotatable bonds is 6. The Kier molecular flexibility index (Phi) is 7.33. The smallest absolute Gasteiger partial charge is 0.0824 e. The predicted molar refractivity (Wildman–Crippen MR) is 121 cm³/mol. The zero-order chi connectivity index (χ0) is 22.1. The molecule has 170 valence electrons. The normalized spacial score (nSPS) is 38.8. The quantitative estimate of drug-likeness (QED) is 0.592. The molecular weight excluding hydrogens is 376 g/mol. The van der Waals surface area contributed by atoms with Crippen molar-refractivity contribution < 1.29 is 20.1 Å². The van der Waals surface area contributed by atoms with E-state index in [-0.39, 0.29) is 0 Å². The fraction of sp³-hybridized carbons (Fsp3) is 0.769. The van der Waals surface area contributed by atoms with Gasteiger partial charge in [-0.25, -0.2) is 0 Å². The Hall–Kier alpha value is -0.940. The van der Waals surface area contributed by atoms with Gasteiger partial charge in [-0.05, 0) is 86.7 Å². The first-order chi connectivity index (χ1) is 14.0. The van der Waals surface area contributed by atoms with Crippen LogP contribution in [-0.2, 0) is 4.74 Å². The second-order valence-electron chi connectivity index (χ2n) is 11.0. The molecule has 3 rings (SSSR count). The highest BCUT2D eigenvalue weighted by molar-refractivity contribution is 5.38. The molecule has 1 unspecified atom stereocenters. The molecule has 0 saturated heterocycles. The van der Waals surface area contributed by atoms with Gasteiger partial charge in [0, 0.05) is 13.0 Å². The standard InChI is InChI=1S/C26H42O4/c1-17(15-30-16-25(3,4)29)22-10-11-23-19(7-6-12-26(22,23)5)8-9-20-13-21(27)14-24(28)18(20)2/h8-9,17,21-24,27-29H,2,6-7,10-16H2,1,3-5H3/b19-8?,20-9-/t17-,21-,22-,23?,24-,26-/m1/s1. The van der Waals surface area contributed by atoms with E-state index in [1.54, 1.807) is 13.8 Å². The van der Waals surface area contributed by atoms with Crippen molar-refractivity contribution in [1.82, 2.24) is 0 Å². The Morgan fingerprint density at radius 2 is 2.00 bits per heavy atom. The molecule has 0 spiro atoms. The van der Waals surface area contributed by atoms with Crippen LogP contribution in [0, 0.1) is 23.2 Å². The molecule has 3 aliphatic carbocycles. The molecule has 3 N–H and O–H groups in total. The van der Waals surface area contributed by atoms with E-state index in [4.69, 9.17) is 4.74 Å². The fourth-order valence-electron chi connectivity index (χ4n) is 6.29. The van der Waals surface area contributed by atoms with Gasteiger partial charge in [-0.1, -0.05) is 38.2 Å². The maximum Gasteiger partial charge on any atom is 0.0824 e. The van der Waals surface area contributed by atoms with Crippen molar-refractivity contribution in [2.75, 3.05) is 13.2 Å². The molecule has 0 heterocycles. The maximum atomic E-state index is 10.1. The van der Waals surface area contributed by atoms with Gasteiger partial charge in [0.1, 0.15) is 0 Å². The Morgan fingerprint density at radius 1 is 1.27 bits per heavy atom. The largest absolute Gasteiger partial charge is 0.393 e. The van der Waals surface area contributed by atoms with Gasteiger partial charge >= 0.3 is 0 Å². The third-order valence-electron chi connectivity index (χ3n) is 7.83. The van der Waals surface area contributed by atoms with Crippen LogP contribution < -0.4 is 0 Å². The SMILES string of the molecule is C=C1/C(=C\C=C2CCC[C@@]3(C)C2CC[C@@H]3[C@H](C)COCC(C)(C)O)C[C@@H](O)C[C@H]1O. The van der Waals surface area contributed by atoms with Gasteiger partial charge in [0.2, 0.25) is 0 Å². The lowest BCUT2D eigenvalue weighted by atomic mass is 9.61. The zero-order valence-corrected chi connectivity index (χ0v) is 19.4. The van der Waals surface area contributed by atoms with E-state index in [1.165, 1.54) is 31.3 Å². The lowest BCUT2D eigenvalue weighted by molar-refractivity contribution is -0.0424. The fourth-order valence-corrected chi connectivity index (χ4v) is 6.29.